The molecule has 0 aliphatic rings. The lowest BCUT2D eigenvalue weighted by Gasteiger charge is -2.03. The molecule has 1 aromatic rings. The molecule has 0 radical (unpaired) electrons. The van der Waals surface area contributed by atoms with E-state index in [2.05, 4.69) is 21.2 Å². The second kappa shape index (κ2) is 7.48. The van der Waals surface area contributed by atoms with Crippen LogP contribution in [0.1, 0.15) is 16.8 Å². The molecule has 15 heavy (non-hydrogen) atoms. The number of carbonyl (C=O) groups is 1. The number of rotatable bonds is 7. The first kappa shape index (κ1) is 12.3. The van der Waals surface area contributed by atoms with Crippen LogP contribution < -0.4 is 5.32 Å². The van der Waals surface area contributed by atoms with Gasteiger partial charge in [0, 0.05) is 18.5 Å². The lowest BCUT2D eigenvalue weighted by Crippen LogP contribution is -2.24. The smallest absolute Gasteiger partial charge is 0.254 e. The van der Waals surface area contributed by atoms with Crippen molar-refractivity contribution in [1.82, 2.24) is 5.32 Å². The maximum atomic E-state index is 11.4. The molecule has 1 amide bonds. The predicted octanol–water partition coefficient (Wildman–Crippen LogP) is 1.81. The Bertz CT molecular complexity index is 274. The van der Waals surface area contributed by atoms with Gasteiger partial charge in [-0.2, -0.15) is 0 Å². The van der Waals surface area contributed by atoms with Gasteiger partial charge in [-0.05, 0) is 12.5 Å². The van der Waals surface area contributed by atoms with Crippen molar-refractivity contribution in [2.75, 3.05) is 25.1 Å². The van der Waals surface area contributed by atoms with Crippen LogP contribution in [0.3, 0.4) is 0 Å². The minimum absolute atomic E-state index is 0.107. The summed E-state index contributed by atoms with van der Waals surface area (Å²) in [5.74, 6) is -0.107. The van der Waals surface area contributed by atoms with Crippen molar-refractivity contribution in [2.24, 2.45) is 0 Å². The summed E-state index contributed by atoms with van der Waals surface area (Å²) >= 11 is 3.26. The van der Waals surface area contributed by atoms with Crippen LogP contribution in [0.15, 0.2) is 23.0 Å². The van der Waals surface area contributed by atoms with Crippen molar-refractivity contribution in [2.45, 2.75) is 6.42 Å². The van der Waals surface area contributed by atoms with Gasteiger partial charge in [0.05, 0.1) is 18.4 Å². The zero-order valence-electron chi connectivity index (χ0n) is 8.37. The number of hydrogen-bond donors (Lipinski definition) is 1. The fourth-order valence-electron chi connectivity index (χ4n) is 1.03. The van der Waals surface area contributed by atoms with Crippen LogP contribution >= 0.6 is 15.9 Å². The molecule has 1 aromatic heterocycles. The monoisotopic (exact) mass is 275 g/mol. The van der Waals surface area contributed by atoms with E-state index in [0.29, 0.717) is 25.3 Å². The molecule has 0 aliphatic carbocycles. The summed E-state index contributed by atoms with van der Waals surface area (Å²) in [7, 11) is 0. The first-order chi connectivity index (χ1) is 7.34. The number of furan rings is 1. The molecule has 0 aliphatic heterocycles. The van der Waals surface area contributed by atoms with Crippen molar-refractivity contribution in [3.63, 3.8) is 0 Å². The van der Waals surface area contributed by atoms with Gasteiger partial charge in [0.15, 0.2) is 0 Å². The summed E-state index contributed by atoms with van der Waals surface area (Å²) in [6.45, 7) is 1.99. The standard InChI is InChI=1S/C10H14BrNO3/c11-3-7-14-5-1-4-12-10(13)9-2-6-15-8-9/h2,6,8H,1,3-5,7H2,(H,12,13). The van der Waals surface area contributed by atoms with Crippen molar-refractivity contribution in [1.29, 1.82) is 0 Å². The van der Waals surface area contributed by atoms with Crippen molar-refractivity contribution in [3.05, 3.63) is 24.2 Å². The molecule has 0 fully saturated rings. The van der Waals surface area contributed by atoms with Gasteiger partial charge in [-0.15, -0.1) is 0 Å². The summed E-state index contributed by atoms with van der Waals surface area (Å²) in [5.41, 5.74) is 0.552. The third-order valence-electron chi connectivity index (χ3n) is 1.76. The number of ether oxygens (including phenoxy) is 1. The molecule has 0 saturated heterocycles. The highest BCUT2D eigenvalue weighted by Crippen LogP contribution is 1.98. The van der Waals surface area contributed by atoms with Crippen molar-refractivity contribution < 1.29 is 13.9 Å². The quantitative estimate of drug-likeness (QED) is 0.610. The van der Waals surface area contributed by atoms with Crippen molar-refractivity contribution >= 4 is 21.8 Å². The molecule has 0 aromatic carbocycles. The van der Waals surface area contributed by atoms with Gasteiger partial charge < -0.3 is 14.5 Å². The van der Waals surface area contributed by atoms with E-state index in [4.69, 9.17) is 9.15 Å². The highest BCUT2D eigenvalue weighted by Gasteiger charge is 2.04. The van der Waals surface area contributed by atoms with Gasteiger partial charge in [0.2, 0.25) is 0 Å². The van der Waals surface area contributed by atoms with Crippen LogP contribution in [0.4, 0.5) is 0 Å². The Labute approximate surface area is 97.1 Å². The molecule has 1 heterocycles. The molecule has 0 saturated carbocycles. The topological polar surface area (TPSA) is 51.5 Å². The Morgan fingerprint density at radius 3 is 3.07 bits per heavy atom. The second-order valence-corrected chi connectivity index (χ2v) is 3.72. The van der Waals surface area contributed by atoms with Crippen LogP contribution in [0, 0.1) is 0 Å². The van der Waals surface area contributed by atoms with E-state index < -0.39 is 0 Å². The first-order valence-electron chi connectivity index (χ1n) is 4.78. The fourth-order valence-corrected chi connectivity index (χ4v) is 1.26. The minimum Gasteiger partial charge on any atom is -0.472 e. The summed E-state index contributed by atoms with van der Waals surface area (Å²) in [6, 6.07) is 1.64. The Kier molecular flexibility index (Phi) is 6.11. The molecule has 5 heteroatoms. The number of amides is 1. The average molecular weight is 276 g/mol. The Morgan fingerprint density at radius 2 is 2.40 bits per heavy atom. The van der Waals surface area contributed by atoms with Crippen LogP contribution in [-0.2, 0) is 4.74 Å². The number of halogens is 1. The van der Waals surface area contributed by atoms with Gasteiger partial charge in [-0.25, -0.2) is 0 Å². The van der Waals surface area contributed by atoms with E-state index in [1.165, 1.54) is 12.5 Å². The fraction of sp³-hybridized carbons (Fsp3) is 0.500. The molecule has 0 unspecified atom stereocenters. The van der Waals surface area contributed by atoms with E-state index in [-0.39, 0.29) is 5.91 Å². The number of carbonyl (C=O) groups excluding carboxylic acids is 1. The summed E-state index contributed by atoms with van der Waals surface area (Å²) in [5, 5.41) is 3.61. The van der Waals surface area contributed by atoms with Gasteiger partial charge in [0.25, 0.3) is 5.91 Å². The lowest BCUT2D eigenvalue weighted by atomic mass is 10.3. The van der Waals surface area contributed by atoms with Gasteiger partial charge in [-0.1, -0.05) is 15.9 Å². The number of hydrogen-bond acceptors (Lipinski definition) is 3. The Hall–Kier alpha value is -0.810. The second-order valence-electron chi connectivity index (χ2n) is 2.92. The lowest BCUT2D eigenvalue weighted by molar-refractivity contribution is 0.0944. The van der Waals surface area contributed by atoms with Crippen LogP contribution in [-0.4, -0.2) is 31.0 Å². The molecule has 1 rings (SSSR count). The maximum Gasteiger partial charge on any atom is 0.254 e. The number of alkyl halides is 1. The predicted molar refractivity (Wildman–Crippen MR) is 60.3 cm³/mol. The van der Waals surface area contributed by atoms with Gasteiger partial charge >= 0.3 is 0 Å². The van der Waals surface area contributed by atoms with Crippen LogP contribution in [0.2, 0.25) is 0 Å². The molecular weight excluding hydrogens is 262 g/mol. The zero-order valence-corrected chi connectivity index (χ0v) is 9.96. The number of nitrogens with one attached hydrogen (secondary N) is 1. The van der Waals surface area contributed by atoms with E-state index in [9.17, 15) is 4.79 Å². The van der Waals surface area contributed by atoms with Crippen LogP contribution in [0.25, 0.3) is 0 Å². The summed E-state index contributed by atoms with van der Waals surface area (Å²) < 4.78 is 10.0. The Balaban J connectivity index is 2.03. The summed E-state index contributed by atoms with van der Waals surface area (Å²) in [6.07, 6.45) is 3.72. The van der Waals surface area contributed by atoms with Crippen molar-refractivity contribution in [3.8, 4) is 0 Å². The minimum atomic E-state index is -0.107. The molecule has 4 nitrogen and oxygen atoms in total. The van der Waals surface area contributed by atoms with Gasteiger partial charge in [0.1, 0.15) is 6.26 Å². The van der Waals surface area contributed by atoms with Gasteiger partial charge in [-0.3, -0.25) is 4.79 Å². The highest BCUT2D eigenvalue weighted by molar-refractivity contribution is 9.09. The normalized spacial score (nSPS) is 10.2. The van der Waals surface area contributed by atoms with E-state index in [1.807, 2.05) is 0 Å². The molecular formula is C10H14BrNO3. The molecule has 1 N–H and O–H groups in total. The third kappa shape index (κ3) is 4.99. The van der Waals surface area contributed by atoms with Crippen LogP contribution in [0.5, 0.6) is 0 Å². The van der Waals surface area contributed by atoms with E-state index in [0.717, 1.165) is 11.8 Å². The largest absolute Gasteiger partial charge is 0.472 e. The molecule has 0 spiro atoms. The molecule has 84 valence electrons. The summed E-state index contributed by atoms with van der Waals surface area (Å²) in [4.78, 5) is 11.4. The Morgan fingerprint density at radius 1 is 1.53 bits per heavy atom. The zero-order chi connectivity index (χ0) is 10.9. The first-order valence-corrected chi connectivity index (χ1v) is 5.91. The maximum absolute atomic E-state index is 11.4. The molecule has 0 atom stereocenters. The third-order valence-corrected chi connectivity index (χ3v) is 2.08. The average Bonchev–Trinajstić information content (AvgIpc) is 2.76. The SMILES string of the molecule is O=C(NCCCOCCBr)c1ccoc1. The molecule has 0 bridgehead atoms. The highest BCUT2D eigenvalue weighted by atomic mass is 79.9. The van der Waals surface area contributed by atoms with E-state index in [1.54, 1.807) is 6.07 Å². The van der Waals surface area contributed by atoms with E-state index >= 15 is 0 Å².